The van der Waals surface area contributed by atoms with Crippen LogP contribution in [0.4, 0.5) is 0 Å². The first-order valence-corrected chi connectivity index (χ1v) is 9.69. The standard InChI is InChI=1S/C17H19N5OS2/c1-12(2)25-17-21-20-15(11-24-16-18-9-4-10-19-16)22(17)13-5-7-14(23-3)8-6-13/h4-10,12H,11H2,1-3H3. The van der Waals surface area contributed by atoms with Gasteiger partial charge in [-0.2, -0.15) is 0 Å². The molecule has 3 aromatic rings. The minimum absolute atomic E-state index is 0.416. The van der Waals surface area contributed by atoms with Crippen molar-refractivity contribution in [3.05, 3.63) is 48.5 Å². The normalized spacial score (nSPS) is 11.0. The molecule has 1 aromatic carbocycles. The molecule has 0 unspecified atom stereocenters. The smallest absolute Gasteiger partial charge is 0.196 e. The highest BCUT2D eigenvalue weighted by Gasteiger charge is 2.16. The highest BCUT2D eigenvalue weighted by atomic mass is 32.2. The molecule has 0 fully saturated rings. The fraction of sp³-hybridized carbons (Fsp3) is 0.294. The summed E-state index contributed by atoms with van der Waals surface area (Å²) in [6.07, 6.45) is 3.48. The lowest BCUT2D eigenvalue weighted by atomic mass is 10.3. The largest absolute Gasteiger partial charge is 0.497 e. The van der Waals surface area contributed by atoms with Gasteiger partial charge in [0.1, 0.15) is 11.6 Å². The summed E-state index contributed by atoms with van der Waals surface area (Å²) >= 11 is 3.23. The SMILES string of the molecule is COc1ccc(-n2c(CSc3ncccn3)nnc2SC(C)C)cc1. The lowest BCUT2D eigenvalue weighted by Crippen LogP contribution is -2.03. The Balaban J connectivity index is 1.90. The highest BCUT2D eigenvalue weighted by molar-refractivity contribution is 7.99. The molecule has 25 heavy (non-hydrogen) atoms. The third-order valence-corrected chi connectivity index (χ3v) is 5.06. The Bertz CT molecular complexity index is 806. The zero-order valence-corrected chi connectivity index (χ0v) is 15.9. The van der Waals surface area contributed by atoms with Gasteiger partial charge in [0.05, 0.1) is 12.9 Å². The molecular weight excluding hydrogens is 354 g/mol. The molecule has 8 heteroatoms. The topological polar surface area (TPSA) is 65.7 Å². The number of hydrogen-bond acceptors (Lipinski definition) is 7. The quantitative estimate of drug-likeness (QED) is 0.460. The number of rotatable bonds is 7. The Morgan fingerprint density at radius 2 is 1.80 bits per heavy atom. The van der Waals surface area contributed by atoms with Gasteiger partial charge >= 0.3 is 0 Å². The molecule has 130 valence electrons. The Kier molecular flexibility index (Phi) is 5.93. The Morgan fingerprint density at radius 1 is 1.08 bits per heavy atom. The van der Waals surface area contributed by atoms with Crippen LogP contribution in [0.25, 0.3) is 5.69 Å². The van der Waals surface area contributed by atoms with Crippen LogP contribution in [0.3, 0.4) is 0 Å². The van der Waals surface area contributed by atoms with Crippen molar-refractivity contribution >= 4 is 23.5 Å². The van der Waals surface area contributed by atoms with Gasteiger partial charge < -0.3 is 4.74 Å². The molecule has 0 aliphatic carbocycles. The lowest BCUT2D eigenvalue weighted by molar-refractivity contribution is 0.414. The summed E-state index contributed by atoms with van der Waals surface area (Å²) in [7, 11) is 1.66. The number of benzene rings is 1. The molecule has 0 spiro atoms. The number of methoxy groups -OCH3 is 1. The van der Waals surface area contributed by atoms with Crippen LogP contribution in [0, 0.1) is 0 Å². The predicted molar refractivity (Wildman–Crippen MR) is 100 cm³/mol. The summed E-state index contributed by atoms with van der Waals surface area (Å²) in [5.41, 5.74) is 1.01. The number of thioether (sulfide) groups is 2. The third-order valence-electron chi connectivity index (χ3n) is 3.24. The molecule has 2 heterocycles. The molecule has 0 bridgehead atoms. The van der Waals surface area contributed by atoms with E-state index >= 15 is 0 Å². The Hall–Kier alpha value is -2.06. The van der Waals surface area contributed by atoms with Crippen LogP contribution in [-0.4, -0.2) is 37.1 Å². The molecule has 0 amide bonds. The van der Waals surface area contributed by atoms with Gasteiger partial charge in [-0.1, -0.05) is 37.4 Å². The van der Waals surface area contributed by atoms with E-state index in [2.05, 4.69) is 38.6 Å². The average Bonchev–Trinajstić information content (AvgIpc) is 3.02. The van der Waals surface area contributed by atoms with Crippen LogP contribution < -0.4 is 4.74 Å². The van der Waals surface area contributed by atoms with E-state index in [9.17, 15) is 0 Å². The second-order valence-corrected chi connectivity index (χ2v) is 7.91. The zero-order chi connectivity index (χ0) is 17.6. The summed E-state index contributed by atoms with van der Waals surface area (Å²) in [6, 6.07) is 9.72. The molecule has 0 atom stereocenters. The van der Waals surface area contributed by atoms with Gasteiger partial charge in [-0.3, -0.25) is 4.57 Å². The Labute approximate surface area is 155 Å². The maximum atomic E-state index is 5.25. The molecule has 0 N–H and O–H groups in total. The second-order valence-electron chi connectivity index (χ2n) is 5.42. The molecule has 3 rings (SSSR count). The molecule has 0 aliphatic heterocycles. The minimum atomic E-state index is 0.416. The van der Waals surface area contributed by atoms with Crippen molar-refractivity contribution in [3.8, 4) is 11.4 Å². The summed E-state index contributed by atoms with van der Waals surface area (Å²) in [5.74, 6) is 2.33. The lowest BCUT2D eigenvalue weighted by Gasteiger charge is -2.11. The maximum Gasteiger partial charge on any atom is 0.196 e. The first-order chi connectivity index (χ1) is 12.2. The first kappa shape index (κ1) is 17.8. The van der Waals surface area contributed by atoms with E-state index < -0.39 is 0 Å². The molecule has 6 nitrogen and oxygen atoms in total. The van der Waals surface area contributed by atoms with Crippen LogP contribution in [0.2, 0.25) is 0 Å². The maximum absolute atomic E-state index is 5.25. The van der Waals surface area contributed by atoms with E-state index in [1.54, 1.807) is 49.1 Å². The molecule has 0 saturated heterocycles. The van der Waals surface area contributed by atoms with E-state index in [1.165, 1.54) is 0 Å². The summed E-state index contributed by atoms with van der Waals surface area (Å²) in [6.45, 7) is 4.29. The Morgan fingerprint density at radius 3 is 2.44 bits per heavy atom. The van der Waals surface area contributed by atoms with Crippen molar-refractivity contribution in [1.29, 1.82) is 0 Å². The minimum Gasteiger partial charge on any atom is -0.497 e. The predicted octanol–water partition coefficient (Wildman–Crippen LogP) is 3.86. The van der Waals surface area contributed by atoms with Crippen molar-refractivity contribution in [3.63, 3.8) is 0 Å². The average molecular weight is 374 g/mol. The number of ether oxygens (including phenoxy) is 1. The van der Waals surface area contributed by atoms with Crippen molar-refractivity contribution in [2.75, 3.05) is 7.11 Å². The van der Waals surface area contributed by atoms with Crippen LogP contribution in [0.5, 0.6) is 5.75 Å². The van der Waals surface area contributed by atoms with E-state index in [1.807, 2.05) is 24.3 Å². The molecular formula is C17H19N5OS2. The molecule has 0 radical (unpaired) electrons. The van der Waals surface area contributed by atoms with Gasteiger partial charge in [-0.15, -0.1) is 10.2 Å². The van der Waals surface area contributed by atoms with E-state index in [0.29, 0.717) is 11.0 Å². The number of aromatic nitrogens is 5. The zero-order valence-electron chi connectivity index (χ0n) is 14.3. The monoisotopic (exact) mass is 373 g/mol. The highest BCUT2D eigenvalue weighted by Crippen LogP contribution is 2.28. The van der Waals surface area contributed by atoms with Gasteiger partial charge in [0.15, 0.2) is 10.3 Å². The molecule has 2 aromatic heterocycles. The first-order valence-electron chi connectivity index (χ1n) is 7.82. The van der Waals surface area contributed by atoms with Crippen molar-refractivity contribution in [1.82, 2.24) is 24.7 Å². The van der Waals surface area contributed by atoms with Crippen LogP contribution in [0.15, 0.2) is 53.0 Å². The number of nitrogens with zero attached hydrogens (tertiary/aromatic N) is 5. The van der Waals surface area contributed by atoms with Gasteiger partial charge in [0.25, 0.3) is 0 Å². The van der Waals surface area contributed by atoms with Crippen molar-refractivity contribution < 1.29 is 4.74 Å². The van der Waals surface area contributed by atoms with Crippen LogP contribution >= 0.6 is 23.5 Å². The van der Waals surface area contributed by atoms with Crippen LogP contribution in [0.1, 0.15) is 19.7 Å². The summed E-state index contributed by atoms with van der Waals surface area (Å²) in [4.78, 5) is 8.49. The molecule has 0 aliphatic rings. The van der Waals surface area contributed by atoms with Gasteiger partial charge in [-0.05, 0) is 30.3 Å². The summed E-state index contributed by atoms with van der Waals surface area (Å²) in [5, 5.41) is 10.8. The fourth-order valence-corrected chi connectivity index (χ4v) is 3.70. The van der Waals surface area contributed by atoms with Crippen molar-refractivity contribution in [2.24, 2.45) is 0 Å². The van der Waals surface area contributed by atoms with Crippen LogP contribution in [-0.2, 0) is 5.75 Å². The fourth-order valence-electron chi connectivity index (χ4n) is 2.16. The second kappa shape index (κ2) is 8.35. The van der Waals surface area contributed by atoms with Crippen molar-refractivity contribution in [2.45, 2.75) is 35.2 Å². The van der Waals surface area contributed by atoms with E-state index in [0.717, 1.165) is 27.6 Å². The van der Waals surface area contributed by atoms with E-state index in [-0.39, 0.29) is 0 Å². The van der Waals surface area contributed by atoms with Gasteiger partial charge in [0.2, 0.25) is 0 Å². The number of hydrogen-bond donors (Lipinski definition) is 0. The molecule has 0 saturated carbocycles. The summed E-state index contributed by atoms with van der Waals surface area (Å²) < 4.78 is 7.33. The van der Waals surface area contributed by atoms with E-state index in [4.69, 9.17) is 4.74 Å². The van der Waals surface area contributed by atoms with Gasteiger partial charge in [0, 0.05) is 23.3 Å². The third kappa shape index (κ3) is 4.52. The van der Waals surface area contributed by atoms with Gasteiger partial charge in [-0.25, -0.2) is 9.97 Å².